The molecule has 0 aliphatic rings. The molecule has 0 aromatic carbocycles. The fourth-order valence-electron chi connectivity index (χ4n) is 0.876. The van der Waals surface area contributed by atoms with Crippen molar-refractivity contribution in [1.82, 2.24) is 16.0 Å². The highest BCUT2D eigenvalue weighted by molar-refractivity contribution is 5.73. The summed E-state index contributed by atoms with van der Waals surface area (Å²) in [6.07, 6.45) is 0.595. The van der Waals surface area contributed by atoms with E-state index in [-0.39, 0.29) is 12.1 Å². The third-order valence-corrected chi connectivity index (χ3v) is 1.56. The van der Waals surface area contributed by atoms with E-state index in [0.29, 0.717) is 26.2 Å². The van der Waals surface area contributed by atoms with Gasteiger partial charge in [0.1, 0.15) is 0 Å². The van der Waals surface area contributed by atoms with Crippen molar-refractivity contribution in [2.75, 3.05) is 26.2 Å². The maximum atomic E-state index is 11.0. The highest BCUT2D eigenvalue weighted by Crippen LogP contribution is 1.74. The topological polar surface area (TPSA) is 73.4 Å². The third kappa shape index (κ3) is 9.28. The highest BCUT2D eigenvalue weighted by atomic mass is 16.3. The van der Waals surface area contributed by atoms with Gasteiger partial charge in [-0.1, -0.05) is 6.92 Å². The van der Waals surface area contributed by atoms with Gasteiger partial charge in [0.05, 0.1) is 6.10 Å². The monoisotopic (exact) mass is 203 g/mol. The normalized spacial score (nSPS) is 12.2. The predicted octanol–water partition coefficient (Wildman–Crippen LogP) is -0.334. The van der Waals surface area contributed by atoms with E-state index in [9.17, 15) is 4.79 Å². The number of carbonyl (C=O) groups excluding carboxylic acids is 1. The molecular weight excluding hydrogens is 182 g/mol. The highest BCUT2D eigenvalue weighted by Gasteiger charge is 1.97. The Bertz CT molecular complexity index is 151. The molecule has 0 spiro atoms. The van der Waals surface area contributed by atoms with Crippen LogP contribution in [0.2, 0.25) is 0 Å². The molecule has 0 aromatic rings. The van der Waals surface area contributed by atoms with Crippen molar-refractivity contribution in [3.05, 3.63) is 0 Å². The molecule has 4 N–H and O–H groups in total. The van der Waals surface area contributed by atoms with Crippen LogP contribution in [0, 0.1) is 0 Å². The van der Waals surface area contributed by atoms with Crippen LogP contribution in [0.5, 0.6) is 0 Å². The van der Waals surface area contributed by atoms with Crippen molar-refractivity contribution in [2.45, 2.75) is 26.4 Å². The van der Waals surface area contributed by atoms with Gasteiger partial charge in [0.15, 0.2) is 0 Å². The minimum absolute atomic E-state index is 0.134. The van der Waals surface area contributed by atoms with Crippen LogP contribution in [0.25, 0.3) is 0 Å². The Morgan fingerprint density at radius 2 is 1.93 bits per heavy atom. The number of aliphatic hydroxyl groups is 1. The van der Waals surface area contributed by atoms with E-state index in [1.54, 1.807) is 6.92 Å². The van der Waals surface area contributed by atoms with Gasteiger partial charge in [-0.3, -0.25) is 0 Å². The molecule has 0 rings (SSSR count). The van der Waals surface area contributed by atoms with Crippen LogP contribution in [-0.2, 0) is 0 Å². The zero-order valence-corrected chi connectivity index (χ0v) is 8.97. The molecule has 5 heteroatoms. The van der Waals surface area contributed by atoms with E-state index in [4.69, 9.17) is 5.11 Å². The zero-order chi connectivity index (χ0) is 10.8. The lowest BCUT2D eigenvalue weighted by molar-refractivity contribution is 0.191. The van der Waals surface area contributed by atoms with E-state index < -0.39 is 0 Å². The molecule has 0 saturated heterocycles. The van der Waals surface area contributed by atoms with Gasteiger partial charge < -0.3 is 21.1 Å². The van der Waals surface area contributed by atoms with Gasteiger partial charge >= 0.3 is 6.03 Å². The first kappa shape index (κ1) is 13.2. The van der Waals surface area contributed by atoms with Crippen LogP contribution in [0.1, 0.15) is 20.3 Å². The molecule has 0 heterocycles. The number of nitrogens with one attached hydrogen (secondary N) is 3. The van der Waals surface area contributed by atoms with Gasteiger partial charge in [-0.05, 0) is 13.3 Å². The van der Waals surface area contributed by atoms with Crippen molar-refractivity contribution in [3.63, 3.8) is 0 Å². The summed E-state index contributed by atoms with van der Waals surface area (Å²) in [5.41, 5.74) is 0. The zero-order valence-electron chi connectivity index (χ0n) is 8.97. The third-order valence-electron chi connectivity index (χ3n) is 1.56. The lowest BCUT2D eigenvalue weighted by Crippen LogP contribution is -2.40. The van der Waals surface area contributed by atoms with Crippen LogP contribution in [0.15, 0.2) is 0 Å². The van der Waals surface area contributed by atoms with Gasteiger partial charge in [-0.25, -0.2) is 4.79 Å². The Morgan fingerprint density at radius 1 is 1.29 bits per heavy atom. The van der Waals surface area contributed by atoms with E-state index in [1.165, 1.54) is 0 Å². The molecule has 1 unspecified atom stereocenters. The van der Waals surface area contributed by atoms with Gasteiger partial charge in [0.2, 0.25) is 0 Å². The smallest absolute Gasteiger partial charge is 0.314 e. The molecule has 5 nitrogen and oxygen atoms in total. The molecule has 0 aromatic heterocycles. The first-order chi connectivity index (χ1) is 6.66. The molecular formula is C9H21N3O2. The van der Waals surface area contributed by atoms with Crippen LogP contribution in [0.4, 0.5) is 4.79 Å². The predicted molar refractivity (Wildman–Crippen MR) is 56.2 cm³/mol. The number of hydrogen-bond acceptors (Lipinski definition) is 3. The number of carbonyl (C=O) groups is 1. The lowest BCUT2D eigenvalue weighted by Gasteiger charge is -2.08. The second-order valence-electron chi connectivity index (χ2n) is 3.24. The number of rotatable bonds is 7. The minimum Gasteiger partial charge on any atom is -0.392 e. The summed E-state index contributed by atoms with van der Waals surface area (Å²) in [4.78, 5) is 11.0. The van der Waals surface area contributed by atoms with Crippen molar-refractivity contribution in [1.29, 1.82) is 0 Å². The number of urea groups is 1. The summed E-state index contributed by atoms with van der Waals surface area (Å²) in [6, 6.07) is -0.134. The number of hydrogen-bond donors (Lipinski definition) is 4. The summed E-state index contributed by atoms with van der Waals surface area (Å²) < 4.78 is 0. The second kappa shape index (κ2) is 8.77. The fraction of sp³-hybridized carbons (Fsp3) is 0.889. The van der Waals surface area contributed by atoms with Gasteiger partial charge in [0.25, 0.3) is 0 Å². The van der Waals surface area contributed by atoms with Crippen molar-refractivity contribution in [3.8, 4) is 0 Å². The molecule has 1 atom stereocenters. The Hall–Kier alpha value is -0.810. The van der Waals surface area contributed by atoms with E-state index in [0.717, 1.165) is 6.42 Å². The quantitative estimate of drug-likeness (QED) is 0.428. The molecule has 14 heavy (non-hydrogen) atoms. The van der Waals surface area contributed by atoms with Gasteiger partial charge in [-0.15, -0.1) is 0 Å². The van der Waals surface area contributed by atoms with Gasteiger partial charge in [0, 0.05) is 26.2 Å². The maximum absolute atomic E-state index is 11.0. The average molecular weight is 203 g/mol. The van der Waals surface area contributed by atoms with E-state index >= 15 is 0 Å². The second-order valence-corrected chi connectivity index (χ2v) is 3.24. The van der Waals surface area contributed by atoms with Crippen LogP contribution >= 0.6 is 0 Å². The molecule has 0 saturated carbocycles. The first-order valence-electron chi connectivity index (χ1n) is 5.07. The summed E-state index contributed by atoms with van der Waals surface area (Å²) in [5.74, 6) is 0. The largest absolute Gasteiger partial charge is 0.392 e. The van der Waals surface area contributed by atoms with Crippen LogP contribution < -0.4 is 16.0 Å². The van der Waals surface area contributed by atoms with E-state index in [2.05, 4.69) is 16.0 Å². The SMILES string of the molecule is CCCNC(=O)NCCNCC(C)O. The standard InChI is InChI=1S/C9H21N3O2/c1-3-4-11-9(14)12-6-5-10-7-8(2)13/h8,10,13H,3-7H2,1-2H3,(H2,11,12,14). The Kier molecular flexibility index (Phi) is 8.27. The molecule has 2 amide bonds. The van der Waals surface area contributed by atoms with Crippen LogP contribution in [-0.4, -0.2) is 43.4 Å². The maximum Gasteiger partial charge on any atom is 0.314 e. The van der Waals surface area contributed by atoms with Crippen molar-refractivity contribution >= 4 is 6.03 Å². The van der Waals surface area contributed by atoms with Gasteiger partial charge in [-0.2, -0.15) is 0 Å². The summed E-state index contributed by atoms with van der Waals surface area (Å²) in [6.45, 7) is 6.22. The molecule has 84 valence electrons. The average Bonchev–Trinajstić information content (AvgIpc) is 2.13. The number of aliphatic hydroxyl groups excluding tert-OH is 1. The molecule has 0 fully saturated rings. The Labute approximate surface area is 85.3 Å². The molecule has 0 aliphatic heterocycles. The molecule has 0 aliphatic carbocycles. The molecule has 0 bridgehead atoms. The summed E-state index contributed by atoms with van der Waals surface area (Å²) >= 11 is 0. The number of amides is 2. The Morgan fingerprint density at radius 3 is 2.50 bits per heavy atom. The Balaban J connectivity index is 3.15. The first-order valence-corrected chi connectivity index (χ1v) is 5.07. The van der Waals surface area contributed by atoms with Crippen LogP contribution in [0.3, 0.4) is 0 Å². The van der Waals surface area contributed by atoms with Crippen molar-refractivity contribution < 1.29 is 9.90 Å². The fourth-order valence-corrected chi connectivity index (χ4v) is 0.876. The van der Waals surface area contributed by atoms with E-state index in [1.807, 2.05) is 6.92 Å². The minimum atomic E-state index is -0.344. The lowest BCUT2D eigenvalue weighted by atomic mass is 10.4. The summed E-state index contributed by atoms with van der Waals surface area (Å²) in [5, 5.41) is 17.3. The van der Waals surface area contributed by atoms with Crippen molar-refractivity contribution in [2.24, 2.45) is 0 Å². The summed E-state index contributed by atoms with van der Waals surface area (Å²) in [7, 11) is 0. The molecule has 0 radical (unpaired) electrons.